The number of aromatic nitrogens is 3. The molecule has 0 spiro atoms. The highest BCUT2D eigenvalue weighted by atomic mass is 16.2. The number of hydrogen-bond acceptors (Lipinski definition) is 7. The van der Waals surface area contributed by atoms with Crippen molar-refractivity contribution >= 4 is 31.3 Å². The molecule has 1 unspecified atom stereocenters. The lowest BCUT2D eigenvalue weighted by molar-refractivity contribution is 0.0547. The Bertz CT molecular complexity index is 855. The van der Waals surface area contributed by atoms with Gasteiger partial charge in [-0.05, 0) is 31.9 Å². The van der Waals surface area contributed by atoms with Crippen LogP contribution < -0.4 is 5.12 Å². The van der Waals surface area contributed by atoms with Crippen molar-refractivity contribution in [1.82, 2.24) is 19.9 Å². The average molecular weight is 367 g/mol. The Labute approximate surface area is 157 Å². The van der Waals surface area contributed by atoms with Crippen LogP contribution in [-0.4, -0.2) is 58.1 Å². The van der Waals surface area contributed by atoms with Gasteiger partial charge in [-0.25, -0.2) is 0 Å². The van der Waals surface area contributed by atoms with E-state index in [0.717, 1.165) is 12.8 Å². The fourth-order valence-electron chi connectivity index (χ4n) is 3.26. The molecular weight excluding hydrogens is 346 g/mol. The zero-order valence-corrected chi connectivity index (χ0v) is 15.1. The van der Waals surface area contributed by atoms with E-state index < -0.39 is 0 Å². The highest BCUT2D eigenvalue weighted by molar-refractivity contribution is 6.00. The fraction of sp³-hybridized carbons (Fsp3) is 0.333. The summed E-state index contributed by atoms with van der Waals surface area (Å²) in [5, 5.41) is 17.1. The molecule has 0 aliphatic carbocycles. The van der Waals surface area contributed by atoms with Gasteiger partial charge in [-0.3, -0.25) is 9.59 Å². The Hall–Kier alpha value is -3.36. The number of benzene rings is 1. The first-order chi connectivity index (χ1) is 13.1. The molecular formula is C18H21N7O2. The summed E-state index contributed by atoms with van der Waals surface area (Å²) in [6, 6.07) is 7.04. The van der Waals surface area contributed by atoms with Crippen molar-refractivity contribution in [2.45, 2.75) is 31.8 Å². The molecule has 2 aromatic rings. The van der Waals surface area contributed by atoms with Gasteiger partial charge >= 0.3 is 0 Å². The molecule has 140 valence electrons. The number of piperidine rings is 1. The van der Waals surface area contributed by atoms with Gasteiger partial charge in [0.25, 0.3) is 5.91 Å². The second-order valence-corrected chi connectivity index (χ2v) is 6.33. The molecule has 9 nitrogen and oxygen atoms in total. The minimum absolute atomic E-state index is 0.0599. The van der Waals surface area contributed by atoms with Crippen molar-refractivity contribution in [3.05, 3.63) is 41.7 Å². The van der Waals surface area contributed by atoms with E-state index in [1.807, 2.05) is 6.92 Å². The van der Waals surface area contributed by atoms with Crippen LogP contribution in [0.15, 0.2) is 40.7 Å². The number of anilines is 1. The second-order valence-electron chi connectivity index (χ2n) is 6.33. The molecule has 1 fully saturated rings. The predicted molar refractivity (Wildman–Crippen MR) is 102 cm³/mol. The molecule has 1 aromatic carbocycles. The zero-order chi connectivity index (χ0) is 19.4. The van der Waals surface area contributed by atoms with Gasteiger partial charge in [-0.1, -0.05) is 12.1 Å². The summed E-state index contributed by atoms with van der Waals surface area (Å²) in [7, 11) is 0. The maximum Gasteiger partial charge on any atom is 0.256 e. The number of likely N-dealkylation sites (tertiary alicyclic amines) is 1. The largest absolute Gasteiger partial charge is 0.334 e. The van der Waals surface area contributed by atoms with E-state index >= 15 is 0 Å². The van der Waals surface area contributed by atoms with E-state index in [2.05, 4.69) is 33.8 Å². The van der Waals surface area contributed by atoms with E-state index in [4.69, 9.17) is 0 Å². The van der Waals surface area contributed by atoms with Crippen LogP contribution in [0.2, 0.25) is 0 Å². The third-order valence-electron chi connectivity index (χ3n) is 4.71. The molecule has 0 saturated carbocycles. The lowest BCUT2D eigenvalue weighted by Gasteiger charge is -2.38. The molecule has 0 bridgehead atoms. The molecule has 9 heteroatoms. The average Bonchev–Trinajstić information content (AvgIpc) is 3.18. The first-order valence-corrected chi connectivity index (χ1v) is 8.59. The summed E-state index contributed by atoms with van der Waals surface area (Å²) in [6.07, 6.45) is 3.72. The molecule has 2 atom stereocenters. The Morgan fingerprint density at radius 1 is 1.30 bits per heavy atom. The predicted octanol–water partition coefficient (Wildman–Crippen LogP) is 1.99. The highest BCUT2D eigenvalue weighted by Gasteiger charge is 2.32. The van der Waals surface area contributed by atoms with Crippen molar-refractivity contribution in [3.63, 3.8) is 0 Å². The van der Waals surface area contributed by atoms with Crippen LogP contribution in [0, 0.1) is 0 Å². The third-order valence-corrected chi connectivity index (χ3v) is 4.71. The molecule has 1 aliphatic rings. The number of carbonyl (C=O) groups excluding carboxylic acids is 2. The quantitative estimate of drug-likeness (QED) is 0.442. The Morgan fingerprint density at radius 3 is 2.70 bits per heavy atom. The molecule has 1 aliphatic heterocycles. The molecule has 0 radical (unpaired) electrons. The van der Waals surface area contributed by atoms with E-state index in [1.54, 1.807) is 29.2 Å². The summed E-state index contributed by atoms with van der Waals surface area (Å²) in [5.41, 5.74) is 1.26. The zero-order valence-electron chi connectivity index (χ0n) is 15.1. The van der Waals surface area contributed by atoms with Crippen LogP contribution in [0.3, 0.4) is 0 Å². The number of hydrogen-bond donors (Lipinski definition) is 0. The third kappa shape index (κ3) is 3.62. The minimum Gasteiger partial charge on any atom is -0.334 e. The summed E-state index contributed by atoms with van der Waals surface area (Å²) in [5.74, 6) is -0.136. The number of para-hydroxylation sites is 1. The number of hydrazone groups is 2. The topological polar surface area (TPSA) is 96.0 Å². The van der Waals surface area contributed by atoms with Gasteiger partial charge in [0.15, 0.2) is 6.29 Å². The normalized spacial score (nSPS) is 19.4. The van der Waals surface area contributed by atoms with Gasteiger partial charge < -0.3 is 4.90 Å². The van der Waals surface area contributed by atoms with Crippen molar-refractivity contribution in [2.75, 3.05) is 11.7 Å². The molecule has 3 rings (SSSR count). The van der Waals surface area contributed by atoms with Crippen LogP contribution in [0.1, 0.15) is 46.7 Å². The molecule has 1 aromatic heterocycles. The number of amides is 1. The van der Waals surface area contributed by atoms with Crippen molar-refractivity contribution in [3.8, 4) is 0 Å². The summed E-state index contributed by atoms with van der Waals surface area (Å²) < 4.78 is 0. The molecule has 1 saturated heterocycles. The number of nitrogens with zero attached hydrogens (tertiary/aromatic N) is 7. The molecule has 1 amide bonds. The lowest BCUT2D eigenvalue weighted by atomic mass is 9.98. The first kappa shape index (κ1) is 18.4. The lowest BCUT2D eigenvalue weighted by Crippen LogP contribution is -2.46. The first-order valence-electron chi connectivity index (χ1n) is 8.59. The minimum atomic E-state index is -0.136. The SMILES string of the molecule is C=NN(N=C)c1ccccc1C(=O)N1CC(n2ncc(C=O)n2)CC[C@H]1C. The van der Waals surface area contributed by atoms with Crippen molar-refractivity contribution in [2.24, 2.45) is 10.2 Å². The van der Waals surface area contributed by atoms with Gasteiger partial charge in [0.05, 0.1) is 23.5 Å². The van der Waals surface area contributed by atoms with Gasteiger partial charge in [0.1, 0.15) is 5.69 Å². The maximum atomic E-state index is 13.3. The van der Waals surface area contributed by atoms with E-state index in [-0.39, 0.29) is 23.7 Å². The Balaban J connectivity index is 1.88. The summed E-state index contributed by atoms with van der Waals surface area (Å²) in [6.45, 7) is 9.40. The number of aldehydes is 1. The fourth-order valence-corrected chi connectivity index (χ4v) is 3.26. The van der Waals surface area contributed by atoms with Gasteiger partial charge in [0.2, 0.25) is 0 Å². The van der Waals surface area contributed by atoms with Crippen molar-refractivity contribution in [1.29, 1.82) is 0 Å². The maximum absolute atomic E-state index is 13.3. The Kier molecular flexibility index (Phi) is 5.39. The summed E-state index contributed by atoms with van der Waals surface area (Å²) in [4.78, 5) is 27.4. The van der Waals surface area contributed by atoms with Gasteiger partial charge in [0, 0.05) is 26.0 Å². The molecule has 2 heterocycles. The Morgan fingerprint density at radius 2 is 2.04 bits per heavy atom. The van der Waals surface area contributed by atoms with Crippen molar-refractivity contribution < 1.29 is 9.59 Å². The number of carbonyl (C=O) groups is 2. The number of rotatable bonds is 6. The smallest absolute Gasteiger partial charge is 0.256 e. The van der Waals surface area contributed by atoms with Crippen LogP contribution in [-0.2, 0) is 0 Å². The standard InChI is InChI=1S/C18H21N7O2/c1-13-8-9-15(24-21-10-14(12-26)22-24)11-23(13)18(27)16-6-4-5-7-17(16)25(19-2)20-3/h4-7,10,12-13,15H,2-3,8-9,11H2,1H3/t13-,15?/m1/s1. The highest BCUT2D eigenvalue weighted by Crippen LogP contribution is 2.29. The van der Waals surface area contributed by atoms with Gasteiger partial charge in [-0.15, -0.1) is 0 Å². The van der Waals surface area contributed by atoms with E-state index in [1.165, 1.54) is 16.1 Å². The van der Waals surface area contributed by atoms with E-state index in [0.29, 0.717) is 24.1 Å². The molecule has 0 N–H and O–H groups in total. The molecule has 27 heavy (non-hydrogen) atoms. The van der Waals surface area contributed by atoms with Gasteiger partial charge in [-0.2, -0.15) is 30.3 Å². The summed E-state index contributed by atoms with van der Waals surface area (Å²) >= 11 is 0. The second kappa shape index (κ2) is 7.90. The monoisotopic (exact) mass is 367 g/mol. The van der Waals surface area contributed by atoms with Crippen LogP contribution in [0.4, 0.5) is 5.69 Å². The van der Waals surface area contributed by atoms with Crippen LogP contribution in [0.5, 0.6) is 0 Å². The van der Waals surface area contributed by atoms with Crippen LogP contribution in [0.25, 0.3) is 0 Å². The van der Waals surface area contributed by atoms with Crippen LogP contribution >= 0.6 is 0 Å². The van der Waals surface area contributed by atoms with E-state index in [9.17, 15) is 9.59 Å².